The summed E-state index contributed by atoms with van der Waals surface area (Å²) in [4.78, 5) is 0. The number of hydrogen-bond donors (Lipinski definition) is 0. The zero-order valence-electron chi connectivity index (χ0n) is 21.0. The minimum absolute atomic E-state index is 0.398. The van der Waals surface area contributed by atoms with Crippen LogP contribution in [0.2, 0.25) is 0 Å². The Kier molecular flexibility index (Phi) is 30.4. The van der Waals surface area contributed by atoms with Crippen molar-refractivity contribution in [3.63, 3.8) is 0 Å². The predicted molar refractivity (Wildman–Crippen MR) is 140 cm³/mol. The Hall–Kier alpha value is 0.0906. The second-order valence-electron chi connectivity index (χ2n) is 5.61. The molecule has 0 N–H and O–H groups in total. The fraction of sp³-hybridized carbons (Fsp3) is 0.684. The van der Waals surface area contributed by atoms with E-state index in [0.29, 0.717) is 39.6 Å². The summed E-state index contributed by atoms with van der Waals surface area (Å²) in [5.41, 5.74) is 5.02. The van der Waals surface area contributed by atoms with Gasteiger partial charge in [0.2, 0.25) is 0 Å². The molecule has 0 aromatic carbocycles. The molecule has 0 amide bonds. The molecule has 0 fully saturated rings. The van der Waals surface area contributed by atoms with Crippen LogP contribution < -0.4 is 0 Å². The number of rotatable bonds is 18. The molecule has 0 aliphatic heterocycles. The van der Waals surface area contributed by atoms with Crippen molar-refractivity contribution in [2.75, 3.05) is 82.3 Å². The van der Waals surface area contributed by atoms with Crippen molar-refractivity contribution in [3.8, 4) is 0 Å². The third kappa shape index (κ3) is 22.3. The molecule has 33 heavy (non-hydrogen) atoms. The Morgan fingerprint density at radius 1 is 0.636 bits per heavy atom. The Bertz CT molecular complexity index is 437. The monoisotopic (exact) mass is 568 g/mol. The SMILES string of the molecule is C=C[Si](OC)(OC)OC.C=C[Si](OCCOC)(OCCOC)OCCOC.CC=C[SiH](Cl)Cl. The summed E-state index contributed by atoms with van der Waals surface area (Å²) in [6.07, 6.45) is 1.87. The molecule has 0 aromatic rings. The van der Waals surface area contributed by atoms with Crippen molar-refractivity contribution in [2.24, 2.45) is 0 Å². The van der Waals surface area contributed by atoms with E-state index in [0.717, 1.165) is 0 Å². The van der Waals surface area contributed by atoms with E-state index in [1.165, 1.54) is 0 Å². The number of allylic oxidation sites excluding steroid dienone is 1. The Morgan fingerprint density at radius 3 is 1.09 bits per heavy atom. The van der Waals surface area contributed by atoms with Gasteiger partial charge < -0.3 is 40.8 Å². The maximum Gasteiger partial charge on any atom is 0.529 e. The molecule has 0 heterocycles. The second kappa shape index (κ2) is 26.7. The Labute approximate surface area is 213 Å². The van der Waals surface area contributed by atoms with Crippen molar-refractivity contribution in [2.45, 2.75) is 6.92 Å². The van der Waals surface area contributed by atoms with E-state index < -0.39 is 25.0 Å². The molecule has 0 unspecified atom stereocenters. The topological polar surface area (TPSA) is 83.1 Å². The molecule has 198 valence electrons. The van der Waals surface area contributed by atoms with E-state index in [-0.39, 0.29) is 0 Å². The van der Waals surface area contributed by atoms with Crippen molar-refractivity contribution in [1.82, 2.24) is 0 Å². The molecule has 0 atom stereocenters. The van der Waals surface area contributed by atoms with Gasteiger partial charge in [0.1, 0.15) is 0 Å². The summed E-state index contributed by atoms with van der Waals surface area (Å²) in [6, 6.07) is 0. The Balaban J connectivity index is -0.000000496. The van der Waals surface area contributed by atoms with Crippen LogP contribution in [0, 0.1) is 0 Å². The van der Waals surface area contributed by atoms with Gasteiger partial charge in [-0.1, -0.05) is 24.9 Å². The van der Waals surface area contributed by atoms with Crippen LogP contribution in [-0.4, -0.2) is 107 Å². The molecule has 0 aliphatic carbocycles. The molecule has 0 rings (SSSR count). The van der Waals surface area contributed by atoms with Gasteiger partial charge >= 0.3 is 17.6 Å². The first-order valence-corrected chi connectivity index (χ1v) is 17.7. The molecule has 0 radical (unpaired) electrons. The number of ether oxygens (including phenoxy) is 3. The summed E-state index contributed by atoms with van der Waals surface area (Å²) in [6.45, 7) is 11.8. The third-order valence-electron chi connectivity index (χ3n) is 3.46. The molecule has 0 aliphatic rings. The van der Waals surface area contributed by atoms with Crippen LogP contribution in [0.4, 0.5) is 0 Å². The van der Waals surface area contributed by atoms with Gasteiger partial charge in [0.05, 0.1) is 39.6 Å². The highest BCUT2D eigenvalue weighted by atomic mass is 35.7. The highest BCUT2D eigenvalue weighted by molar-refractivity contribution is 7.36. The lowest BCUT2D eigenvalue weighted by Gasteiger charge is -2.26. The largest absolute Gasteiger partial charge is 0.529 e. The fourth-order valence-electron chi connectivity index (χ4n) is 1.75. The van der Waals surface area contributed by atoms with Crippen LogP contribution in [0.1, 0.15) is 6.92 Å². The van der Waals surface area contributed by atoms with Crippen molar-refractivity contribution >= 4 is 47.2 Å². The van der Waals surface area contributed by atoms with Crippen molar-refractivity contribution < 1.29 is 40.8 Å². The molecule has 0 saturated heterocycles. The van der Waals surface area contributed by atoms with E-state index >= 15 is 0 Å². The average Bonchev–Trinajstić information content (AvgIpc) is 2.82. The number of methoxy groups -OCH3 is 3. The van der Waals surface area contributed by atoms with Gasteiger partial charge in [-0.15, -0.1) is 22.2 Å². The predicted octanol–water partition coefficient (Wildman–Crippen LogP) is 3.03. The van der Waals surface area contributed by atoms with Crippen LogP contribution in [0.3, 0.4) is 0 Å². The van der Waals surface area contributed by atoms with Crippen LogP contribution in [0.15, 0.2) is 36.3 Å². The maximum atomic E-state index is 5.65. The van der Waals surface area contributed by atoms with Gasteiger partial charge in [-0.3, -0.25) is 0 Å². The van der Waals surface area contributed by atoms with Gasteiger partial charge in [0.25, 0.3) is 7.42 Å². The molecular weight excluding hydrogens is 527 g/mol. The first-order chi connectivity index (χ1) is 15.8. The zero-order valence-corrected chi connectivity index (χ0v) is 25.6. The molecule has 0 aromatic heterocycles. The van der Waals surface area contributed by atoms with E-state index in [1.54, 1.807) is 54.1 Å². The average molecular weight is 570 g/mol. The molecular formula is C19H42Cl2O9Si3. The standard InChI is InChI=1S/C11H24O6Si.C5H12O3Si.C3H6Cl2Si/c1-5-18(15-9-6-12-2,16-10-7-13-3)17-11-8-14-4;1-5-9(6-2,7-3)8-4;1-2-3-6(4)5/h5H,1,6-11H2,2-4H3;5H,1H2,2-4H3;2-3,6H,1H3. The van der Waals surface area contributed by atoms with E-state index in [4.69, 9.17) is 62.9 Å². The minimum Gasteiger partial charge on any atom is -0.382 e. The van der Waals surface area contributed by atoms with Crippen LogP contribution >= 0.6 is 22.2 Å². The maximum absolute atomic E-state index is 5.65. The van der Waals surface area contributed by atoms with Crippen molar-refractivity contribution in [1.29, 1.82) is 0 Å². The minimum atomic E-state index is -2.86. The lowest BCUT2D eigenvalue weighted by atomic mass is 10.8. The lowest BCUT2D eigenvalue weighted by molar-refractivity contribution is 0.0232. The van der Waals surface area contributed by atoms with Gasteiger partial charge in [0, 0.05) is 42.7 Å². The van der Waals surface area contributed by atoms with Gasteiger partial charge in [-0.05, 0) is 18.3 Å². The molecule has 14 heteroatoms. The van der Waals surface area contributed by atoms with Crippen LogP contribution in [0.25, 0.3) is 0 Å². The molecule has 9 nitrogen and oxygen atoms in total. The third-order valence-corrected chi connectivity index (χ3v) is 9.54. The first kappa shape index (κ1) is 37.6. The second-order valence-corrected chi connectivity index (χ2v) is 15.5. The first-order valence-electron chi connectivity index (χ1n) is 9.98. The Morgan fingerprint density at radius 2 is 0.970 bits per heavy atom. The molecule has 0 bridgehead atoms. The quantitative estimate of drug-likeness (QED) is 0.141. The highest BCUT2D eigenvalue weighted by Crippen LogP contribution is 2.11. The molecule has 0 saturated carbocycles. The summed E-state index contributed by atoms with van der Waals surface area (Å²) in [7, 11) is 2.76. The summed E-state index contributed by atoms with van der Waals surface area (Å²) in [5, 5.41) is 0. The van der Waals surface area contributed by atoms with Gasteiger partial charge in [-0.25, -0.2) is 0 Å². The number of hydrogen-bond acceptors (Lipinski definition) is 9. The fourth-order valence-corrected chi connectivity index (χ4v) is 5.62. The van der Waals surface area contributed by atoms with Crippen LogP contribution in [0.5, 0.6) is 0 Å². The summed E-state index contributed by atoms with van der Waals surface area (Å²) >= 11 is 10.8. The van der Waals surface area contributed by atoms with E-state index in [9.17, 15) is 0 Å². The van der Waals surface area contributed by atoms with E-state index in [1.807, 2.05) is 18.7 Å². The smallest absolute Gasteiger partial charge is 0.382 e. The van der Waals surface area contributed by atoms with E-state index in [2.05, 4.69) is 13.2 Å². The van der Waals surface area contributed by atoms with Gasteiger partial charge in [-0.2, -0.15) is 0 Å². The molecule has 0 spiro atoms. The highest BCUT2D eigenvalue weighted by Gasteiger charge is 2.38. The zero-order chi connectivity index (χ0) is 26.0. The van der Waals surface area contributed by atoms with Gasteiger partial charge in [0.15, 0.2) is 0 Å². The van der Waals surface area contributed by atoms with Crippen molar-refractivity contribution in [3.05, 3.63) is 36.3 Å². The summed E-state index contributed by atoms with van der Waals surface area (Å²) < 4.78 is 46.7. The summed E-state index contributed by atoms with van der Waals surface area (Å²) in [5.74, 6) is 0. The van der Waals surface area contributed by atoms with Crippen LogP contribution in [-0.2, 0) is 40.8 Å². The number of halogens is 2. The normalized spacial score (nSPS) is 11.6. The lowest BCUT2D eigenvalue weighted by Crippen LogP contribution is -2.46.